The van der Waals surface area contributed by atoms with Crippen molar-refractivity contribution in [2.75, 3.05) is 5.73 Å². The molecule has 0 saturated heterocycles. The summed E-state index contributed by atoms with van der Waals surface area (Å²) < 4.78 is 0. The Labute approximate surface area is 108 Å². The summed E-state index contributed by atoms with van der Waals surface area (Å²) in [6.45, 7) is 8.46. The lowest BCUT2D eigenvalue weighted by molar-refractivity contribution is 0.567. The Balaban J connectivity index is 2.52. The Bertz CT molecular complexity index is 551. The van der Waals surface area contributed by atoms with Gasteiger partial charge in [-0.3, -0.25) is 0 Å². The van der Waals surface area contributed by atoms with E-state index in [1.54, 1.807) is 0 Å². The Kier molecular flexibility index (Phi) is 3.07. The van der Waals surface area contributed by atoms with Gasteiger partial charge in [0, 0.05) is 22.4 Å². The average Bonchev–Trinajstić information content (AvgIpc) is 2.28. The van der Waals surface area contributed by atoms with Crippen LogP contribution in [0, 0.1) is 6.92 Å². The number of anilines is 1. The molecule has 0 unspecified atom stereocenters. The number of nitrogens with two attached hydrogens (primary N) is 1. The molecule has 0 bridgehead atoms. The largest absolute Gasteiger partial charge is 0.399 e. The number of hydrogen-bond donors (Lipinski definition) is 1. The van der Waals surface area contributed by atoms with E-state index in [0.29, 0.717) is 0 Å². The zero-order valence-corrected chi connectivity index (χ0v) is 11.4. The molecule has 0 fully saturated rings. The molecule has 1 aromatic heterocycles. The Morgan fingerprint density at radius 1 is 1.00 bits per heavy atom. The molecule has 94 valence electrons. The number of hydrogen-bond acceptors (Lipinski definition) is 3. The second-order valence-corrected chi connectivity index (χ2v) is 5.59. The van der Waals surface area contributed by atoms with Gasteiger partial charge in [-0.05, 0) is 37.3 Å². The number of nitrogen functional groups attached to an aromatic ring is 1. The standard InChI is InChI=1S/C15H19N3/c1-10-9-13(15(2,3)4)18-14(17-10)11-5-7-12(16)8-6-11/h5-9H,16H2,1-4H3. The van der Waals surface area contributed by atoms with Crippen molar-refractivity contribution in [1.29, 1.82) is 0 Å². The molecule has 18 heavy (non-hydrogen) atoms. The molecule has 2 N–H and O–H groups in total. The highest BCUT2D eigenvalue weighted by Gasteiger charge is 2.17. The van der Waals surface area contributed by atoms with Gasteiger partial charge in [0.05, 0.1) is 5.69 Å². The third-order valence-corrected chi connectivity index (χ3v) is 2.79. The van der Waals surface area contributed by atoms with Gasteiger partial charge in [0.2, 0.25) is 0 Å². The van der Waals surface area contributed by atoms with E-state index in [4.69, 9.17) is 5.73 Å². The fourth-order valence-electron chi connectivity index (χ4n) is 1.71. The minimum atomic E-state index is 0.0241. The van der Waals surface area contributed by atoms with Crippen LogP contribution in [0.1, 0.15) is 32.2 Å². The van der Waals surface area contributed by atoms with Crippen molar-refractivity contribution in [3.8, 4) is 11.4 Å². The van der Waals surface area contributed by atoms with Gasteiger partial charge in [-0.15, -0.1) is 0 Å². The molecule has 1 heterocycles. The van der Waals surface area contributed by atoms with E-state index in [1.807, 2.05) is 37.3 Å². The first-order chi connectivity index (χ1) is 8.36. The van der Waals surface area contributed by atoms with E-state index in [9.17, 15) is 0 Å². The van der Waals surface area contributed by atoms with Crippen LogP contribution in [0.15, 0.2) is 30.3 Å². The van der Waals surface area contributed by atoms with Crippen molar-refractivity contribution >= 4 is 5.69 Å². The zero-order valence-electron chi connectivity index (χ0n) is 11.4. The molecule has 0 aliphatic carbocycles. The lowest BCUT2D eigenvalue weighted by atomic mass is 9.91. The molecule has 3 heteroatoms. The summed E-state index contributed by atoms with van der Waals surface area (Å²) in [5.74, 6) is 0.764. The number of aromatic nitrogens is 2. The summed E-state index contributed by atoms with van der Waals surface area (Å²) in [6.07, 6.45) is 0. The fraction of sp³-hybridized carbons (Fsp3) is 0.333. The molecule has 0 atom stereocenters. The number of aryl methyl sites for hydroxylation is 1. The maximum atomic E-state index is 5.69. The van der Waals surface area contributed by atoms with Crippen LogP contribution in [0.4, 0.5) is 5.69 Å². The van der Waals surface area contributed by atoms with E-state index in [2.05, 4.69) is 30.7 Å². The van der Waals surface area contributed by atoms with Crippen molar-refractivity contribution in [3.05, 3.63) is 41.7 Å². The third kappa shape index (κ3) is 2.67. The molecule has 0 radical (unpaired) electrons. The van der Waals surface area contributed by atoms with Crippen molar-refractivity contribution < 1.29 is 0 Å². The second-order valence-electron chi connectivity index (χ2n) is 5.59. The van der Waals surface area contributed by atoms with Crippen LogP contribution < -0.4 is 5.73 Å². The minimum Gasteiger partial charge on any atom is -0.399 e. The highest BCUT2D eigenvalue weighted by Crippen LogP contribution is 2.24. The lowest BCUT2D eigenvalue weighted by Crippen LogP contribution is -2.15. The molecule has 3 nitrogen and oxygen atoms in total. The highest BCUT2D eigenvalue weighted by atomic mass is 14.9. The van der Waals surface area contributed by atoms with Crippen LogP contribution in [-0.2, 0) is 5.41 Å². The number of rotatable bonds is 1. The quantitative estimate of drug-likeness (QED) is 0.779. The Morgan fingerprint density at radius 3 is 2.17 bits per heavy atom. The first-order valence-corrected chi connectivity index (χ1v) is 6.08. The topological polar surface area (TPSA) is 51.8 Å². The average molecular weight is 241 g/mol. The van der Waals surface area contributed by atoms with E-state index in [0.717, 1.165) is 28.5 Å². The van der Waals surface area contributed by atoms with Crippen LogP contribution in [0.5, 0.6) is 0 Å². The van der Waals surface area contributed by atoms with Gasteiger partial charge < -0.3 is 5.73 Å². The van der Waals surface area contributed by atoms with Crippen molar-refractivity contribution in [1.82, 2.24) is 9.97 Å². The molecule has 1 aromatic carbocycles. The molecular formula is C15H19N3. The monoisotopic (exact) mass is 241 g/mol. The summed E-state index contributed by atoms with van der Waals surface area (Å²) >= 11 is 0. The molecule has 0 spiro atoms. The van der Waals surface area contributed by atoms with Crippen LogP contribution in [-0.4, -0.2) is 9.97 Å². The molecule has 0 aliphatic rings. The fourth-order valence-corrected chi connectivity index (χ4v) is 1.71. The van der Waals surface area contributed by atoms with Crippen LogP contribution in [0.25, 0.3) is 11.4 Å². The van der Waals surface area contributed by atoms with E-state index >= 15 is 0 Å². The summed E-state index contributed by atoms with van der Waals surface area (Å²) in [5, 5.41) is 0. The smallest absolute Gasteiger partial charge is 0.159 e. The third-order valence-electron chi connectivity index (χ3n) is 2.79. The van der Waals surface area contributed by atoms with Gasteiger partial charge in [-0.1, -0.05) is 20.8 Å². The zero-order chi connectivity index (χ0) is 13.3. The summed E-state index contributed by atoms with van der Waals surface area (Å²) in [4.78, 5) is 9.15. The molecule has 0 amide bonds. The normalized spacial score (nSPS) is 11.6. The second kappa shape index (κ2) is 4.41. The predicted octanol–water partition coefficient (Wildman–Crippen LogP) is 3.33. The van der Waals surface area contributed by atoms with Gasteiger partial charge in [0.25, 0.3) is 0 Å². The summed E-state index contributed by atoms with van der Waals surface area (Å²) in [6, 6.07) is 9.70. The maximum absolute atomic E-state index is 5.69. The number of benzene rings is 1. The maximum Gasteiger partial charge on any atom is 0.159 e. The predicted molar refractivity (Wildman–Crippen MR) is 75.3 cm³/mol. The van der Waals surface area contributed by atoms with E-state index in [1.165, 1.54) is 0 Å². The van der Waals surface area contributed by atoms with E-state index < -0.39 is 0 Å². The van der Waals surface area contributed by atoms with Crippen LogP contribution >= 0.6 is 0 Å². The number of nitrogens with zero attached hydrogens (tertiary/aromatic N) is 2. The van der Waals surface area contributed by atoms with Crippen molar-refractivity contribution in [2.24, 2.45) is 0 Å². The first-order valence-electron chi connectivity index (χ1n) is 6.08. The summed E-state index contributed by atoms with van der Waals surface area (Å²) in [7, 11) is 0. The molecule has 2 rings (SSSR count). The van der Waals surface area contributed by atoms with Crippen molar-refractivity contribution in [3.63, 3.8) is 0 Å². The van der Waals surface area contributed by atoms with Crippen molar-refractivity contribution in [2.45, 2.75) is 33.1 Å². The van der Waals surface area contributed by atoms with Gasteiger partial charge in [0.15, 0.2) is 5.82 Å². The molecule has 0 saturated carbocycles. The molecule has 2 aromatic rings. The van der Waals surface area contributed by atoms with Crippen LogP contribution in [0.3, 0.4) is 0 Å². The van der Waals surface area contributed by atoms with Gasteiger partial charge in [0.1, 0.15) is 0 Å². The minimum absolute atomic E-state index is 0.0241. The van der Waals surface area contributed by atoms with Gasteiger partial charge in [-0.2, -0.15) is 0 Å². The van der Waals surface area contributed by atoms with Gasteiger partial charge in [-0.25, -0.2) is 9.97 Å². The van der Waals surface area contributed by atoms with Gasteiger partial charge >= 0.3 is 0 Å². The SMILES string of the molecule is Cc1cc(C(C)(C)C)nc(-c2ccc(N)cc2)n1. The highest BCUT2D eigenvalue weighted by molar-refractivity contribution is 5.59. The van der Waals surface area contributed by atoms with Crippen LogP contribution in [0.2, 0.25) is 0 Å². The summed E-state index contributed by atoms with van der Waals surface area (Å²) in [5.41, 5.74) is 9.51. The molecule has 0 aliphatic heterocycles. The Morgan fingerprint density at radius 2 is 1.61 bits per heavy atom. The lowest BCUT2D eigenvalue weighted by Gasteiger charge is -2.18. The molecular weight excluding hydrogens is 222 g/mol. The Hall–Kier alpha value is -1.90. The van der Waals surface area contributed by atoms with E-state index in [-0.39, 0.29) is 5.41 Å². The first kappa shape index (κ1) is 12.6.